The summed E-state index contributed by atoms with van der Waals surface area (Å²) in [7, 11) is -3.30. The van der Waals surface area contributed by atoms with E-state index in [2.05, 4.69) is 49.1 Å². The molecule has 10 nitrogen and oxygen atoms in total. The third-order valence-electron chi connectivity index (χ3n) is 6.90. The Labute approximate surface area is 198 Å². The second kappa shape index (κ2) is 11.1. The zero-order valence-corrected chi connectivity index (χ0v) is 20.9. The number of anilines is 3. The van der Waals surface area contributed by atoms with Crippen molar-refractivity contribution in [1.82, 2.24) is 24.0 Å². The molecule has 2 aliphatic heterocycles. The van der Waals surface area contributed by atoms with E-state index in [1.807, 2.05) is 0 Å². The van der Waals surface area contributed by atoms with Crippen molar-refractivity contribution in [2.45, 2.75) is 71.3 Å². The lowest BCUT2D eigenvalue weighted by Gasteiger charge is -2.29. The van der Waals surface area contributed by atoms with Crippen LogP contribution in [0, 0.1) is 11.8 Å². The molecule has 0 aromatic carbocycles. The SMILES string of the molecule is CC(C)Nc1nc(NCC2CCC(CNS(=O)(=O)N3CCCC3)CC2)nc(N2CCCC2)n1. The fourth-order valence-electron chi connectivity index (χ4n) is 4.94. The van der Waals surface area contributed by atoms with Crippen molar-refractivity contribution >= 4 is 28.1 Å². The number of aromatic nitrogens is 3. The lowest BCUT2D eigenvalue weighted by molar-refractivity contribution is 0.282. The Balaban J connectivity index is 1.25. The third-order valence-corrected chi connectivity index (χ3v) is 8.48. The molecule has 0 bridgehead atoms. The largest absolute Gasteiger partial charge is 0.354 e. The topological polar surface area (TPSA) is 115 Å². The van der Waals surface area contributed by atoms with Gasteiger partial charge in [-0.05, 0) is 77.0 Å². The van der Waals surface area contributed by atoms with Crippen molar-refractivity contribution in [3.63, 3.8) is 0 Å². The predicted molar refractivity (Wildman–Crippen MR) is 132 cm³/mol. The van der Waals surface area contributed by atoms with Gasteiger partial charge in [0.2, 0.25) is 17.8 Å². The van der Waals surface area contributed by atoms with Gasteiger partial charge in [-0.3, -0.25) is 0 Å². The predicted octanol–water partition coefficient (Wildman–Crippen LogP) is 2.44. The molecule has 2 saturated heterocycles. The first kappa shape index (κ1) is 24.4. The molecule has 1 saturated carbocycles. The zero-order valence-electron chi connectivity index (χ0n) is 20.1. The molecule has 186 valence electrons. The molecular weight excluding hydrogens is 440 g/mol. The van der Waals surface area contributed by atoms with Crippen LogP contribution in [0.15, 0.2) is 0 Å². The molecule has 0 spiro atoms. The van der Waals surface area contributed by atoms with Gasteiger partial charge in [0.05, 0.1) is 0 Å². The lowest BCUT2D eigenvalue weighted by atomic mass is 9.82. The first-order valence-corrected chi connectivity index (χ1v) is 14.1. The maximum Gasteiger partial charge on any atom is 0.279 e. The van der Waals surface area contributed by atoms with Gasteiger partial charge in [0, 0.05) is 45.3 Å². The summed E-state index contributed by atoms with van der Waals surface area (Å²) in [5, 5.41) is 6.76. The summed E-state index contributed by atoms with van der Waals surface area (Å²) in [6.07, 6.45) is 8.56. The van der Waals surface area contributed by atoms with Crippen molar-refractivity contribution in [3.05, 3.63) is 0 Å². The quantitative estimate of drug-likeness (QED) is 0.468. The molecule has 3 N–H and O–H groups in total. The first-order chi connectivity index (χ1) is 15.9. The van der Waals surface area contributed by atoms with Crippen LogP contribution in [-0.4, -0.2) is 73.0 Å². The van der Waals surface area contributed by atoms with Gasteiger partial charge < -0.3 is 15.5 Å². The normalized spacial score (nSPS) is 24.5. The average Bonchev–Trinajstić information content (AvgIpc) is 3.51. The Hall–Kier alpha value is -1.72. The smallest absolute Gasteiger partial charge is 0.279 e. The van der Waals surface area contributed by atoms with Crippen molar-refractivity contribution in [1.29, 1.82) is 0 Å². The van der Waals surface area contributed by atoms with Crippen LogP contribution in [0.5, 0.6) is 0 Å². The van der Waals surface area contributed by atoms with Gasteiger partial charge in [-0.25, -0.2) is 4.72 Å². The molecule has 33 heavy (non-hydrogen) atoms. The molecule has 0 unspecified atom stereocenters. The van der Waals surface area contributed by atoms with E-state index in [9.17, 15) is 8.42 Å². The summed E-state index contributed by atoms with van der Waals surface area (Å²) in [6, 6.07) is 0.254. The van der Waals surface area contributed by atoms with Crippen molar-refractivity contribution in [2.24, 2.45) is 11.8 Å². The minimum absolute atomic E-state index is 0.254. The van der Waals surface area contributed by atoms with Gasteiger partial charge in [0.1, 0.15) is 0 Å². The molecule has 3 fully saturated rings. The van der Waals surface area contributed by atoms with Crippen molar-refractivity contribution in [2.75, 3.05) is 54.8 Å². The van der Waals surface area contributed by atoms with Crippen LogP contribution in [0.4, 0.5) is 17.8 Å². The van der Waals surface area contributed by atoms with Crippen LogP contribution in [0.3, 0.4) is 0 Å². The molecule has 3 aliphatic rings. The molecular formula is C22H40N8O2S. The average molecular weight is 481 g/mol. The van der Waals surface area contributed by atoms with E-state index >= 15 is 0 Å². The minimum Gasteiger partial charge on any atom is -0.354 e. The third kappa shape index (κ3) is 6.89. The molecule has 1 aromatic heterocycles. The first-order valence-electron chi connectivity index (χ1n) is 12.7. The number of hydrogen-bond acceptors (Lipinski definition) is 8. The van der Waals surface area contributed by atoms with E-state index in [0.717, 1.165) is 64.1 Å². The second-order valence-electron chi connectivity index (χ2n) is 10.0. The Morgan fingerprint density at radius 1 is 0.848 bits per heavy atom. The van der Waals surface area contributed by atoms with Crippen LogP contribution in [0.2, 0.25) is 0 Å². The van der Waals surface area contributed by atoms with E-state index in [0.29, 0.717) is 43.4 Å². The molecule has 1 aromatic rings. The maximum absolute atomic E-state index is 12.4. The number of rotatable bonds is 10. The highest BCUT2D eigenvalue weighted by Gasteiger charge is 2.27. The van der Waals surface area contributed by atoms with E-state index in [-0.39, 0.29) is 6.04 Å². The summed E-state index contributed by atoms with van der Waals surface area (Å²) in [5.41, 5.74) is 0. The Kier molecular flexibility index (Phi) is 8.24. The monoisotopic (exact) mass is 480 g/mol. The molecule has 1 aliphatic carbocycles. The van der Waals surface area contributed by atoms with Crippen molar-refractivity contribution in [3.8, 4) is 0 Å². The fourth-order valence-corrected chi connectivity index (χ4v) is 6.31. The van der Waals surface area contributed by atoms with E-state index in [1.54, 1.807) is 4.31 Å². The van der Waals surface area contributed by atoms with E-state index in [4.69, 9.17) is 0 Å². The highest BCUT2D eigenvalue weighted by molar-refractivity contribution is 7.87. The number of nitrogens with zero attached hydrogens (tertiary/aromatic N) is 5. The van der Waals surface area contributed by atoms with Gasteiger partial charge in [-0.15, -0.1) is 0 Å². The highest BCUT2D eigenvalue weighted by atomic mass is 32.2. The van der Waals surface area contributed by atoms with E-state index < -0.39 is 10.2 Å². The molecule has 0 atom stereocenters. The standard InChI is InChI=1S/C22H40N8O2S/c1-17(2)25-21-26-20(27-22(28-21)29-11-3-4-12-29)23-15-18-7-9-19(10-8-18)16-24-33(31,32)30-13-5-6-14-30/h17-19,24H,3-16H2,1-2H3,(H2,23,25,26,27,28). The van der Waals surface area contributed by atoms with Crippen LogP contribution in [0.25, 0.3) is 0 Å². The van der Waals surface area contributed by atoms with Gasteiger partial charge in [0.15, 0.2) is 0 Å². The number of hydrogen-bond donors (Lipinski definition) is 3. The molecule has 0 amide bonds. The Morgan fingerprint density at radius 3 is 2.06 bits per heavy atom. The van der Waals surface area contributed by atoms with Gasteiger partial charge in [-0.1, -0.05) is 0 Å². The van der Waals surface area contributed by atoms with Crippen LogP contribution >= 0.6 is 0 Å². The van der Waals surface area contributed by atoms with Gasteiger partial charge in [0.25, 0.3) is 10.2 Å². The fraction of sp³-hybridized carbons (Fsp3) is 0.864. The summed E-state index contributed by atoms with van der Waals surface area (Å²) < 4.78 is 29.2. The van der Waals surface area contributed by atoms with E-state index in [1.165, 1.54) is 12.8 Å². The summed E-state index contributed by atoms with van der Waals surface area (Å²) in [4.78, 5) is 16.1. The van der Waals surface area contributed by atoms with Crippen LogP contribution in [0.1, 0.15) is 65.2 Å². The zero-order chi connectivity index (χ0) is 23.3. The highest BCUT2D eigenvalue weighted by Crippen LogP contribution is 2.29. The lowest BCUT2D eigenvalue weighted by Crippen LogP contribution is -2.41. The Bertz CT molecular complexity index is 861. The molecule has 4 rings (SSSR count). The molecule has 3 heterocycles. The maximum atomic E-state index is 12.4. The van der Waals surface area contributed by atoms with Crippen LogP contribution in [-0.2, 0) is 10.2 Å². The summed E-state index contributed by atoms with van der Waals surface area (Å²) >= 11 is 0. The van der Waals surface area contributed by atoms with Gasteiger partial charge >= 0.3 is 0 Å². The van der Waals surface area contributed by atoms with Gasteiger partial charge in [-0.2, -0.15) is 27.7 Å². The molecule has 11 heteroatoms. The second-order valence-corrected chi connectivity index (χ2v) is 11.8. The summed E-state index contributed by atoms with van der Waals surface area (Å²) in [5.74, 6) is 2.97. The summed E-state index contributed by atoms with van der Waals surface area (Å²) in [6.45, 7) is 8.84. The Morgan fingerprint density at radius 2 is 1.42 bits per heavy atom. The van der Waals surface area contributed by atoms with Crippen LogP contribution < -0.4 is 20.3 Å². The van der Waals surface area contributed by atoms with Crippen molar-refractivity contribution < 1.29 is 8.42 Å². The number of nitrogens with one attached hydrogen (secondary N) is 3. The minimum atomic E-state index is -3.30. The molecule has 0 radical (unpaired) electrons.